The Kier molecular flexibility index (Phi) is 6.93. The van der Waals surface area contributed by atoms with Crippen LogP contribution in [0.15, 0.2) is 107 Å². The Balaban J connectivity index is 1.61. The molecular formula is C33H35N5O4. The Morgan fingerprint density at radius 1 is 1.10 bits per heavy atom. The molecule has 5 heterocycles. The third-order valence-corrected chi connectivity index (χ3v) is 9.18. The summed E-state index contributed by atoms with van der Waals surface area (Å²) in [6, 6.07) is 0. The molecule has 0 unspecified atom stereocenters. The van der Waals surface area contributed by atoms with Gasteiger partial charge in [0.15, 0.2) is 5.78 Å². The normalized spacial score (nSPS) is 25.6. The number of fused-ring (bicyclic) bond motifs is 5. The van der Waals surface area contributed by atoms with Crippen molar-refractivity contribution < 1.29 is 19.5 Å². The van der Waals surface area contributed by atoms with Crippen molar-refractivity contribution in [2.45, 2.75) is 60.3 Å². The summed E-state index contributed by atoms with van der Waals surface area (Å²) in [6.07, 6.45) is 9.41. The molecule has 5 aliphatic heterocycles. The van der Waals surface area contributed by atoms with Crippen LogP contribution in [0.25, 0.3) is 0 Å². The molecule has 1 aliphatic carbocycles. The fourth-order valence-electron chi connectivity index (χ4n) is 6.73. The van der Waals surface area contributed by atoms with Gasteiger partial charge in [0.05, 0.1) is 41.3 Å². The third-order valence-electron chi connectivity index (χ3n) is 9.18. The predicted octanol–water partition coefficient (Wildman–Crippen LogP) is 5.23. The molecule has 8 bridgehead atoms. The maximum Gasteiger partial charge on any atom is 0.305 e. The molecule has 0 spiro atoms. The first-order valence-corrected chi connectivity index (χ1v) is 14.4. The molecule has 0 aromatic heterocycles. The number of ether oxygens (including phenoxy) is 1. The maximum atomic E-state index is 13.4. The first-order valence-electron chi connectivity index (χ1n) is 14.4. The zero-order chi connectivity index (χ0) is 29.9. The zero-order valence-electron chi connectivity index (χ0n) is 24.8. The Hall–Kier alpha value is -4.37. The summed E-state index contributed by atoms with van der Waals surface area (Å²) in [7, 11) is 1.40. The molecule has 1 saturated carbocycles. The number of carbonyl (C=O) groups is 2. The summed E-state index contributed by atoms with van der Waals surface area (Å²) >= 11 is 0. The molecular weight excluding hydrogens is 530 g/mol. The minimum atomic E-state index is -0.265. The lowest BCUT2D eigenvalue weighted by Gasteiger charge is -2.17. The van der Waals surface area contributed by atoms with Gasteiger partial charge in [-0.15, -0.1) is 0 Å². The zero-order valence-corrected chi connectivity index (χ0v) is 24.8. The van der Waals surface area contributed by atoms with Crippen molar-refractivity contribution in [1.29, 1.82) is 0 Å². The van der Waals surface area contributed by atoms with E-state index < -0.39 is 0 Å². The Labute approximate surface area is 245 Å². The molecule has 42 heavy (non-hydrogen) atoms. The number of allylic oxidation sites excluding steroid dienone is 12. The number of hydrogen-bond acceptors (Lipinski definition) is 9. The quantitative estimate of drug-likeness (QED) is 0.310. The summed E-state index contributed by atoms with van der Waals surface area (Å²) in [5, 5.41) is 13.2. The van der Waals surface area contributed by atoms with E-state index in [4.69, 9.17) is 19.7 Å². The van der Waals surface area contributed by atoms with Crippen LogP contribution >= 0.6 is 0 Å². The number of rotatable bonds is 5. The van der Waals surface area contributed by atoms with E-state index in [0.29, 0.717) is 17.7 Å². The number of hydroxylamine groups is 1. The molecule has 2 atom stereocenters. The standard InChI is InChI=1S/C33H35N5O4/c1-7-19-15(2)24-12-28-22(14-34-41)17(4)23(36-28)11-25-16(3)20(8-9-30(40)42-6)32(37-25)21-10-29(39)31-18(5)26(38-33(21)31)13-27(19)35-24/h11-14,16,20,34,37,41H,7-10H2,1-6H3/b22-14+,24-12?,25-11?,26-13?,32-21?/t16-,20-/m0/s1. The molecule has 6 aliphatic rings. The number of aliphatic imine (C=N–C) groups is 3. The number of carbonyl (C=O) groups excluding carboxylic acids is 2. The lowest BCUT2D eigenvalue weighted by molar-refractivity contribution is -0.140. The molecule has 3 N–H and O–H groups in total. The Morgan fingerprint density at radius 2 is 1.83 bits per heavy atom. The summed E-state index contributed by atoms with van der Waals surface area (Å²) in [5.41, 5.74) is 14.9. The van der Waals surface area contributed by atoms with Crippen LogP contribution in [0.2, 0.25) is 0 Å². The summed E-state index contributed by atoms with van der Waals surface area (Å²) in [6.45, 7) is 10.2. The highest BCUT2D eigenvalue weighted by Gasteiger charge is 2.43. The van der Waals surface area contributed by atoms with Crippen molar-refractivity contribution in [3.63, 3.8) is 0 Å². The van der Waals surface area contributed by atoms with Gasteiger partial charge < -0.3 is 10.1 Å². The van der Waals surface area contributed by atoms with E-state index in [1.165, 1.54) is 7.11 Å². The number of hydrogen-bond donors (Lipinski definition) is 3. The lowest BCUT2D eigenvalue weighted by atomic mass is 9.86. The number of esters is 1. The molecule has 0 radical (unpaired) electrons. The van der Waals surface area contributed by atoms with Crippen LogP contribution in [-0.4, -0.2) is 41.2 Å². The van der Waals surface area contributed by atoms with E-state index in [0.717, 1.165) is 79.8 Å². The number of methoxy groups -OCH3 is 1. The molecule has 9 nitrogen and oxygen atoms in total. The van der Waals surface area contributed by atoms with E-state index in [-0.39, 0.29) is 36.4 Å². The molecule has 1 saturated heterocycles. The van der Waals surface area contributed by atoms with Crippen molar-refractivity contribution in [2.24, 2.45) is 26.8 Å². The molecule has 0 amide bonds. The van der Waals surface area contributed by atoms with Gasteiger partial charge in [0.2, 0.25) is 0 Å². The van der Waals surface area contributed by atoms with Crippen molar-refractivity contribution in [3.05, 3.63) is 91.9 Å². The molecule has 0 aromatic rings. The van der Waals surface area contributed by atoms with Crippen LogP contribution in [0.1, 0.15) is 60.3 Å². The number of ketones is 1. The molecule has 216 valence electrons. The van der Waals surface area contributed by atoms with Crippen molar-refractivity contribution >= 4 is 28.9 Å². The second-order valence-electron chi connectivity index (χ2n) is 11.4. The van der Waals surface area contributed by atoms with Gasteiger partial charge in [-0.25, -0.2) is 15.0 Å². The monoisotopic (exact) mass is 565 g/mol. The first kappa shape index (κ1) is 27.8. The third kappa shape index (κ3) is 4.30. The SMILES string of the molecule is CCC1=C(C)C2=CC3=NC(=C(C)/C3=C\NO)C=C3NC(=C4CC(=O)C5=C(C)C(=CC1=N2)N=C45)[C@@H](CCC(=O)OC)[C@@H]3C. The molecule has 2 fully saturated rings. The Morgan fingerprint density at radius 3 is 2.55 bits per heavy atom. The van der Waals surface area contributed by atoms with Crippen LogP contribution in [0.5, 0.6) is 0 Å². The predicted molar refractivity (Wildman–Crippen MR) is 162 cm³/mol. The smallest absolute Gasteiger partial charge is 0.305 e. The average Bonchev–Trinajstić information content (AvgIpc) is 3.71. The van der Waals surface area contributed by atoms with Gasteiger partial charge in [-0.3, -0.25) is 20.3 Å². The topological polar surface area (TPSA) is 125 Å². The first-order chi connectivity index (χ1) is 20.2. The van der Waals surface area contributed by atoms with Gasteiger partial charge >= 0.3 is 5.97 Å². The van der Waals surface area contributed by atoms with Crippen LogP contribution < -0.4 is 10.8 Å². The minimum Gasteiger partial charge on any atom is -0.469 e. The van der Waals surface area contributed by atoms with Gasteiger partial charge in [0.25, 0.3) is 0 Å². The summed E-state index contributed by atoms with van der Waals surface area (Å²) < 4.78 is 4.95. The van der Waals surface area contributed by atoms with Crippen molar-refractivity contribution in [2.75, 3.05) is 7.11 Å². The highest BCUT2D eigenvalue weighted by atomic mass is 16.5. The number of nitrogens with zero attached hydrogens (tertiary/aromatic N) is 3. The maximum absolute atomic E-state index is 13.4. The van der Waals surface area contributed by atoms with Crippen LogP contribution in [0.3, 0.4) is 0 Å². The summed E-state index contributed by atoms with van der Waals surface area (Å²) in [4.78, 5) is 40.6. The summed E-state index contributed by atoms with van der Waals surface area (Å²) in [5.74, 6) is -0.222. The lowest BCUT2D eigenvalue weighted by Crippen LogP contribution is -2.15. The van der Waals surface area contributed by atoms with E-state index in [1.54, 1.807) is 6.20 Å². The molecule has 9 heteroatoms. The highest BCUT2D eigenvalue weighted by molar-refractivity contribution is 6.38. The number of Topliss-reactive ketones (excluding diaryl/α,β-unsaturated/α-hetero) is 1. The minimum absolute atomic E-state index is 0.0224. The largest absolute Gasteiger partial charge is 0.469 e. The highest BCUT2D eigenvalue weighted by Crippen LogP contribution is 2.45. The van der Waals surface area contributed by atoms with Gasteiger partial charge in [-0.1, -0.05) is 13.8 Å². The van der Waals surface area contributed by atoms with Gasteiger partial charge in [-0.2, -0.15) is 0 Å². The average molecular weight is 566 g/mol. The van der Waals surface area contributed by atoms with Crippen molar-refractivity contribution in [3.8, 4) is 0 Å². The van der Waals surface area contributed by atoms with Crippen LogP contribution in [0.4, 0.5) is 0 Å². The van der Waals surface area contributed by atoms with E-state index in [2.05, 4.69) is 31.6 Å². The fraction of sp³-hybridized carbons (Fsp3) is 0.364. The van der Waals surface area contributed by atoms with E-state index in [1.807, 2.05) is 32.1 Å². The fourth-order valence-corrected chi connectivity index (χ4v) is 6.73. The van der Waals surface area contributed by atoms with Gasteiger partial charge in [0, 0.05) is 59.0 Å². The molecule has 0 aromatic carbocycles. The van der Waals surface area contributed by atoms with Crippen LogP contribution in [-0.2, 0) is 14.3 Å². The van der Waals surface area contributed by atoms with Gasteiger partial charge in [-0.05, 0) is 74.1 Å². The second kappa shape index (κ2) is 10.5. The molecule has 6 rings (SSSR count). The van der Waals surface area contributed by atoms with Crippen LogP contribution in [0, 0.1) is 11.8 Å². The van der Waals surface area contributed by atoms with E-state index in [9.17, 15) is 14.8 Å². The Bertz CT molecular complexity index is 1700. The van der Waals surface area contributed by atoms with E-state index >= 15 is 0 Å². The van der Waals surface area contributed by atoms with Crippen molar-refractivity contribution in [1.82, 2.24) is 10.8 Å². The number of nitrogens with one attached hydrogen (secondary N) is 2. The second-order valence-corrected chi connectivity index (χ2v) is 11.4. The van der Waals surface area contributed by atoms with Gasteiger partial charge in [0.1, 0.15) is 0 Å².